The van der Waals surface area contributed by atoms with Gasteiger partial charge in [-0.1, -0.05) is 0 Å². The molecule has 0 aromatic rings. The van der Waals surface area contributed by atoms with E-state index in [0.29, 0.717) is 6.04 Å². The highest BCUT2D eigenvalue weighted by atomic mass is 16.3. The standard InChI is InChI=1S/C6H12NO/c1-7-4-2-3-6(7)5-8/h6H,2-5H2,1H3/t6-/m1/s1. The van der Waals surface area contributed by atoms with Crippen LogP contribution in [0.4, 0.5) is 0 Å². The van der Waals surface area contributed by atoms with Crippen molar-refractivity contribution in [2.45, 2.75) is 18.9 Å². The van der Waals surface area contributed by atoms with Gasteiger partial charge in [0.05, 0.1) is 6.61 Å². The molecule has 0 saturated carbocycles. The third kappa shape index (κ3) is 1.01. The van der Waals surface area contributed by atoms with Crippen molar-refractivity contribution in [3.63, 3.8) is 0 Å². The minimum absolute atomic E-state index is 0.0799. The Bertz CT molecular complexity index is 74.9. The Balaban J connectivity index is 2.30. The first kappa shape index (κ1) is 6.05. The molecule has 0 aromatic heterocycles. The predicted octanol–water partition coefficient (Wildman–Crippen LogP) is 0.511. The summed E-state index contributed by atoms with van der Waals surface area (Å²) in [7, 11) is 2.02. The summed E-state index contributed by atoms with van der Waals surface area (Å²) in [6.45, 7) is 1.20. The fraction of sp³-hybridized carbons (Fsp3) is 1.00. The van der Waals surface area contributed by atoms with E-state index in [9.17, 15) is 5.11 Å². The molecule has 0 aliphatic carbocycles. The Morgan fingerprint density at radius 3 is 2.75 bits per heavy atom. The smallest absolute Gasteiger partial charge is 0.0977 e. The van der Waals surface area contributed by atoms with Crippen molar-refractivity contribution in [3.05, 3.63) is 0 Å². The van der Waals surface area contributed by atoms with Gasteiger partial charge in [0.25, 0.3) is 0 Å². The van der Waals surface area contributed by atoms with Crippen LogP contribution in [0.3, 0.4) is 0 Å². The van der Waals surface area contributed by atoms with Crippen LogP contribution in [0.15, 0.2) is 0 Å². The van der Waals surface area contributed by atoms with E-state index >= 15 is 0 Å². The lowest BCUT2D eigenvalue weighted by molar-refractivity contribution is 0.120. The molecule has 2 heteroatoms. The fourth-order valence-corrected chi connectivity index (χ4v) is 1.19. The number of likely N-dealkylation sites (N-methyl/N-ethyl adjacent to an activating group) is 1. The molecule has 1 saturated heterocycles. The van der Waals surface area contributed by atoms with Crippen LogP contribution < -0.4 is 0 Å². The Kier molecular flexibility index (Phi) is 1.86. The van der Waals surface area contributed by atoms with Gasteiger partial charge in [-0.05, 0) is 26.4 Å². The lowest BCUT2D eigenvalue weighted by atomic mass is 10.2. The van der Waals surface area contributed by atoms with E-state index < -0.39 is 0 Å². The summed E-state index contributed by atoms with van der Waals surface area (Å²) in [5.74, 6) is 0. The maximum atomic E-state index is 10.3. The summed E-state index contributed by atoms with van der Waals surface area (Å²) in [5, 5.41) is 10.3. The first-order chi connectivity index (χ1) is 3.84. The van der Waals surface area contributed by atoms with Crippen molar-refractivity contribution in [1.82, 2.24) is 4.90 Å². The van der Waals surface area contributed by atoms with Gasteiger partial charge in [-0.15, -0.1) is 0 Å². The van der Waals surface area contributed by atoms with Gasteiger partial charge in [-0.25, -0.2) is 5.11 Å². The van der Waals surface area contributed by atoms with Crippen LogP contribution in [0, 0.1) is 0 Å². The number of nitrogens with zero attached hydrogens (tertiary/aromatic N) is 1. The van der Waals surface area contributed by atoms with Gasteiger partial charge in [0.2, 0.25) is 0 Å². The monoisotopic (exact) mass is 114 g/mol. The van der Waals surface area contributed by atoms with Gasteiger partial charge in [0.1, 0.15) is 0 Å². The summed E-state index contributed by atoms with van der Waals surface area (Å²) < 4.78 is 0. The second-order valence-corrected chi connectivity index (χ2v) is 2.44. The van der Waals surface area contributed by atoms with Crippen molar-refractivity contribution >= 4 is 0 Å². The third-order valence-corrected chi connectivity index (χ3v) is 1.86. The highest BCUT2D eigenvalue weighted by molar-refractivity contribution is 4.74. The average Bonchev–Trinajstić information content (AvgIpc) is 2.14. The van der Waals surface area contributed by atoms with Crippen molar-refractivity contribution in [1.29, 1.82) is 0 Å². The van der Waals surface area contributed by atoms with Crippen LogP contribution in [0.25, 0.3) is 0 Å². The maximum absolute atomic E-state index is 10.3. The lowest BCUT2D eigenvalue weighted by Crippen LogP contribution is -2.27. The van der Waals surface area contributed by atoms with Crippen molar-refractivity contribution in [3.8, 4) is 0 Å². The van der Waals surface area contributed by atoms with Crippen molar-refractivity contribution in [2.24, 2.45) is 0 Å². The van der Waals surface area contributed by atoms with E-state index in [4.69, 9.17) is 0 Å². The molecule has 1 heterocycles. The van der Waals surface area contributed by atoms with E-state index in [0.717, 1.165) is 13.0 Å². The van der Waals surface area contributed by atoms with E-state index in [-0.39, 0.29) is 6.61 Å². The molecule has 1 radical (unpaired) electrons. The van der Waals surface area contributed by atoms with E-state index in [1.807, 2.05) is 7.05 Å². The Morgan fingerprint density at radius 2 is 2.50 bits per heavy atom. The predicted molar refractivity (Wildman–Crippen MR) is 31.2 cm³/mol. The van der Waals surface area contributed by atoms with Gasteiger partial charge in [-0.3, -0.25) is 0 Å². The Labute approximate surface area is 50.1 Å². The number of likely N-dealkylation sites (tertiary alicyclic amines) is 1. The van der Waals surface area contributed by atoms with Gasteiger partial charge >= 0.3 is 0 Å². The topological polar surface area (TPSA) is 23.1 Å². The molecular weight excluding hydrogens is 102 g/mol. The van der Waals surface area contributed by atoms with Crippen LogP contribution in [0.1, 0.15) is 12.8 Å². The van der Waals surface area contributed by atoms with Crippen molar-refractivity contribution < 1.29 is 5.11 Å². The summed E-state index contributed by atoms with van der Waals surface area (Å²) in [4.78, 5) is 2.15. The molecule has 8 heavy (non-hydrogen) atoms. The zero-order valence-corrected chi connectivity index (χ0v) is 5.26. The molecule has 0 aromatic carbocycles. The van der Waals surface area contributed by atoms with Gasteiger partial charge in [0, 0.05) is 6.04 Å². The van der Waals surface area contributed by atoms with E-state index in [1.54, 1.807) is 0 Å². The highest BCUT2D eigenvalue weighted by Gasteiger charge is 2.19. The summed E-state index contributed by atoms with van der Waals surface area (Å²) in [6.07, 6.45) is 2.32. The molecule has 1 rings (SSSR count). The summed E-state index contributed by atoms with van der Waals surface area (Å²) in [5.41, 5.74) is 0. The minimum atomic E-state index is 0.0799. The molecule has 2 nitrogen and oxygen atoms in total. The van der Waals surface area contributed by atoms with Gasteiger partial charge < -0.3 is 4.90 Å². The molecule has 47 valence electrons. The molecular formula is C6H12NO. The van der Waals surface area contributed by atoms with Crippen LogP contribution >= 0.6 is 0 Å². The van der Waals surface area contributed by atoms with Crippen LogP contribution in [0.5, 0.6) is 0 Å². The quantitative estimate of drug-likeness (QED) is 0.487. The zero-order valence-electron chi connectivity index (χ0n) is 5.26. The summed E-state index contributed by atoms with van der Waals surface area (Å²) in [6, 6.07) is 0.343. The summed E-state index contributed by atoms with van der Waals surface area (Å²) >= 11 is 0. The zero-order chi connectivity index (χ0) is 5.98. The molecule has 0 bridgehead atoms. The van der Waals surface area contributed by atoms with Crippen LogP contribution in [-0.2, 0) is 5.11 Å². The number of hydrogen-bond acceptors (Lipinski definition) is 1. The molecule has 1 aliphatic rings. The third-order valence-electron chi connectivity index (χ3n) is 1.86. The molecule has 0 N–H and O–H groups in total. The SMILES string of the molecule is CN1CCC[C@@H]1C[O]. The van der Waals surface area contributed by atoms with E-state index in [2.05, 4.69) is 4.90 Å². The fourth-order valence-electron chi connectivity index (χ4n) is 1.19. The largest absolute Gasteiger partial charge is 0.301 e. The second kappa shape index (κ2) is 2.46. The minimum Gasteiger partial charge on any atom is -0.301 e. The molecule has 1 fully saturated rings. The molecule has 1 atom stereocenters. The maximum Gasteiger partial charge on any atom is 0.0977 e. The first-order valence-electron chi connectivity index (χ1n) is 3.13. The normalized spacial score (nSPS) is 31.5. The molecule has 0 amide bonds. The Morgan fingerprint density at radius 1 is 1.75 bits per heavy atom. The molecule has 0 unspecified atom stereocenters. The lowest BCUT2D eigenvalue weighted by Gasteiger charge is -2.14. The first-order valence-corrected chi connectivity index (χ1v) is 3.13. The van der Waals surface area contributed by atoms with Crippen LogP contribution in [0.2, 0.25) is 0 Å². The Hall–Kier alpha value is -0.0800. The number of hydrogen-bond donors (Lipinski definition) is 0. The number of rotatable bonds is 1. The molecule has 1 aliphatic heterocycles. The van der Waals surface area contributed by atoms with Crippen molar-refractivity contribution in [2.75, 3.05) is 20.2 Å². The van der Waals surface area contributed by atoms with Gasteiger partial charge in [-0.2, -0.15) is 0 Å². The second-order valence-electron chi connectivity index (χ2n) is 2.44. The molecule has 0 spiro atoms. The van der Waals surface area contributed by atoms with Crippen LogP contribution in [-0.4, -0.2) is 31.1 Å². The van der Waals surface area contributed by atoms with E-state index in [1.165, 1.54) is 6.42 Å². The van der Waals surface area contributed by atoms with Gasteiger partial charge in [0.15, 0.2) is 0 Å². The average molecular weight is 114 g/mol. The highest BCUT2D eigenvalue weighted by Crippen LogP contribution is 2.13.